The van der Waals surface area contributed by atoms with Crippen LogP contribution in [0, 0.1) is 0 Å². The molecule has 1 rings (SSSR count). The van der Waals surface area contributed by atoms with Crippen molar-refractivity contribution < 1.29 is 0 Å². The Hall–Kier alpha value is 0.375. The maximum absolute atomic E-state index is 4.64. The highest BCUT2D eigenvalue weighted by molar-refractivity contribution is 7.82. The number of hydrogen-bond donors (Lipinski definition) is 2. The van der Waals surface area contributed by atoms with Crippen molar-refractivity contribution in [3.05, 3.63) is 0 Å². The maximum atomic E-state index is 4.64. The fourth-order valence-electron chi connectivity index (χ4n) is 1.69. The van der Waals surface area contributed by atoms with Crippen LogP contribution in [0.2, 0.25) is 5.82 Å². The van der Waals surface area contributed by atoms with Crippen LogP contribution in [0.5, 0.6) is 0 Å². The average Bonchev–Trinajstić information content (AvgIpc) is 2.59. The largest absolute Gasteiger partial charge is 0.301 e. The normalized spacial score (nSPS) is 36.4. The van der Waals surface area contributed by atoms with Crippen LogP contribution in [-0.4, -0.2) is 18.8 Å². The van der Waals surface area contributed by atoms with E-state index in [2.05, 4.69) is 39.6 Å². The van der Waals surface area contributed by atoms with Crippen molar-refractivity contribution >= 4 is 20.5 Å². The lowest BCUT2D eigenvalue weighted by atomic mass is 10.0. The van der Waals surface area contributed by atoms with Gasteiger partial charge < -0.3 is 5.32 Å². The summed E-state index contributed by atoms with van der Waals surface area (Å²) in [6, 6.07) is 0.678. The van der Waals surface area contributed by atoms with Gasteiger partial charge in [0, 0.05) is 6.04 Å². The van der Waals surface area contributed by atoms with Crippen LogP contribution in [0.1, 0.15) is 39.5 Å². The Morgan fingerprint density at radius 3 is 2.58 bits per heavy atom. The van der Waals surface area contributed by atoms with Gasteiger partial charge in [-0.15, -0.1) is 0 Å². The lowest BCUT2D eigenvalue weighted by molar-refractivity contribution is 0.447. The van der Waals surface area contributed by atoms with Gasteiger partial charge in [-0.3, -0.25) is 0 Å². The van der Waals surface area contributed by atoms with Crippen LogP contribution in [0.15, 0.2) is 0 Å². The molecule has 1 fully saturated rings. The molecule has 0 spiro atoms. The molecule has 1 saturated carbocycles. The SMILES string of the molecule is BC1CC1(S)NC(CC)CCC. The van der Waals surface area contributed by atoms with E-state index >= 15 is 0 Å². The van der Waals surface area contributed by atoms with Crippen molar-refractivity contribution in [1.29, 1.82) is 0 Å². The molecule has 0 radical (unpaired) electrons. The molecule has 0 aromatic heterocycles. The Morgan fingerprint density at radius 2 is 2.25 bits per heavy atom. The molecule has 12 heavy (non-hydrogen) atoms. The summed E-state index contributed by atoms with van der Waals surface area (Å²) in [6.07, 6.45) is 5.01. The van der Waals surface area contributed by atoms with E-state index in [9.17, 15) is 0 Å². The van der Waals surface area contributed by atoms with Gasteiger partial charge in [-0.2, -0.15) is 12.6 Å². The molecule has 1 aliphatic rings. The van der Waals surface area contributed by atoms with Gasteiger partial charge in [0.05, 0.1) is 4.87 Å². The third kappa shape index (κ3) is 2.43. The molecular weight excluding hydrogens is 165 g/mol. The minimum absolute atomic E-state index is 0.176. The first-order chi connectivity index (χ1) is 5.62. The fraction of sp³-hybridized carbons (Fsp3) is 1.00. The van der Waals surface area contributed by atoms with Gasteiger partial charge in [0.15, 0.2) is 0 Å². The Bertz CT molecular complexity index is 153. The molecule has 0 bridgehead atoms. The summed E-state index contributed by atoms with van der Waals surface area (Å²) < 4.78 is 0. The van der Waals surface area contributed by atoms with Gasteiger partial charge in [0.2, 0.25) is 0 Å². The molecule has 70 valence electrons. The van der Waals surface area contributed by atoms with Gasteiger partial charge in [0.1, 0.15) is 7.85 Å². The number of thiol groups is 1. The highest BCUT2D eigenvalue weighted by atomic mass is 32.1. The summed E-state index contributed by atoms with van der Waals surface area (Å²) in [5, 5.41) is 3.63. The maximum Gasteiger partial charge on any atom is 0.109 e. The minimum Gasteiger partial charge on any atom is -0.301 e. The second kappa shape index (κ2) is 4.06. The van der Waals surface area contributed by atoms with E-state index in [1.54, 1.807) is 0 Å². The van der Waals surface area contributed by atoms with Gasteiger partial charge >= 0.3 is 0 Å². The molecule has 3 heteroatoms. The Balaban J connectivity index is 2.28. The van der Waals surface area contributed by atoms with Crippen molar-refractivity contribution in [2.75, 3.05) is 0 Å². The van der Waals surface area contributed by atoms with Crippen LogP contribution < -0.4 is 5.32 Å². The molecule has 0 aromatic rings. The number of rotatable bonds is 5. The van der Waals surface area contributed by atoms with Crippen LogP contribution in [0.4, 0.5) is 0 Å². The molecular formula is C9H20BNS. The first-order valence-electron chi connectivity index (χ1n) is 5.12. The summed E-state index contributed by atoms with van der Waals surface area (Å²) in [7, 11) is 2.26. The van der Waals surface area contributed by atoms with E-state index in [0.717, 1.165) is 5.82 Å². The zero-order chi connectivity index (χ0) is 9.19. The third-order valence-electron chi connectivity index (χ3n) is 2.86. The zero-order valence-corrected chi connectivity index (χ0v) is 9.32. The van der Waals surface area contributed by atoms with Crippen molar-refractivity contribution in [3.63, 3.8) is 0 Å². The zero-order valence-electron chi connectivity index (χ0n) is 8.43. The number of hydrogen-bond acceptors (Lipinski definition) is 2. The predicted molar refractivity (Wildman–Crippen MR) is 60.8 cm³/mol. The van der Waals surface area contributed by atoms with Gasteiger partial charge in [-0.1, -0.05) is 20.3 Å². The summed E-state index contributed by atoms with van der Waals surface area (Å²) in [5.74, 6) is 0.756. The van der Waals surface area contributed by atoms with Crippen molar-refractivity contribution in [2.24, 2.45) is 0 Å². The quantitative estimate of drug-likeness (QED) is 0.376. The molecule has 1 N–H and O–H groups in total. The molecule has 0 aromatic carbocycles. The predicted octanol–water partition coefficient (Wildman–Crippen LogP) is 1.61. The summed E-state index contributed by atoms with van der Waals surface area (Å²) in [6.45, 7) is 4.49. The lowest BCUT2D eigenvalue weighted by Crippen LogP contribution is -2.37. The van der Waals surface area contributed by atoms with Crippen LogP contribution in [0.3, 0.4) is 0 Å². The number of nitrogens with one attached hydrogen (secondary N) is 1. The van der Waals surface area contributed by atoms with Crippen molar-refractivity contribution in [2.45, 2.75) is 56.3 Å². The fourth-order valence-corrected chi connectivity index (χ4v) is 2.15. The first kappa shape index (κ1) is 10.5. The Morgan fingerprint density at radius 1 is 1.67 bits per heavy atom. The van der Waals surface area contributed by atoms with E-state index < -0.39 is 0 Å². The third-order valence-corrected chi connectivity index (χ3v) is 3.61. The Labute approximate surface area is 82.5 Å². The van der Waals surface area contributed by atoms with E-state index in [-0.39, 0.29) is 4.87 Å². The standard InChI is InChI=1S/C9H20BNS/c1-3-5-7(4-2)11-9(12)6-8(9)10/h7-8,11-12H,3-6,10H2,1-2H3. The highest BCUT2D eigenvalue weighted by Crippen LogP contribution is 2.50. The summed E-state index contributed by atoms with van der Waals surface area (Å²) in [4.78, 5) is 0.176. The van der Waals surface area contributed by atoms with Gasteiger partial charge in [0.25, 0.3) is 0 Å². The molecule has 0 amide bonds. The monoisotopic (exact) mass is 185 g/mol. The summed E-state index contributed by atoms with van der Waals surface area (Å²) >= 11 is 4.64. The highest BCUT2D eigenvalue weighted by Gasteiger charge is 2.48. The van der Waals surface area contributed by atoms with E-state index in [0.29, 0.717) is 6.04 Å². The van der Waals surface area contributed by atoms with Gasteiger partial charge in [-0.05, 0) is 25.1 Å². The molecule has 0 aliphatic heterocycles. The lowest BCUT2D eigenvalue weighted by Gasteiger charge is -2.21. The van der Waals surface area contributed by atoms with Crippen molar-refractivity contribution in [3.8, 4) is 0 Å². The average molecular weight is 185 g/mol. The second-order valence-corrected chi connectivity index (χ2v) is 4.87. The summed E-state index contributed by atoms with van der Waals surface area (Å²) in [5.41, 5.74) is 0. The van der Waals surface area contributed by atoms with E-state index in [1.807, 2.05) is 0 Å². The van der Waals surface area contributed by atoms with Crippen LogP contribution >= 0.6 is 12.6 Å². The van der Waals surface area contributed by atoms with Crippen LogP contribution in [-0.2, 0) is 0 Å². The molecule has 0 saturated heterocycles. The molecule has 1 nitrogen and oxygen atoms in total. The molecule has 0 heterocycles. The van der Waals surface area contributed by atoms with Crippen LogP contribution in [0.25, 0.3) is 0 Å². The van der Waals surface area contributed by atoms with Crippen molar-refractivity contribution in [1.82, 2.24) is 5.32 Å². The van der Waals surface area contributed by atoms with E-state index in [4.69, 9.17) is 0 Å². The van der Waals surface area contributed by atoms with E-state index in [1.165, 1.54) is 25.7 Å². The van der Waals surface area contributed by atoms with Gasteiger partial charge in [-0.25, -0.2) is 0 Å². The first-order valence-corrected chi connectivity index (χ1v) is 5.57. The second-order valence-electron chi connectivity index (χ2n) is 4.07. The topological polar surface area (TPSA) is 12.0 Å². The Kier molecular flexibility index (Phi) is 3.53. The smallest absolute Gasteiger partial charge is 0.109 e. The molecule has 1 aliphatic carbocycles. The molecule has 3 unspecified atom stereocenters. The minimum atomic E-state index is 0.176. The molecule has 3 atom stereocenters.